The van der Waals surface area contributed by atoms with Gasteiger partial charge in [0.15, 0.2) is 0 Å². The van der Waals surface area contributed by atoms with E-state index in [-0.39, 0.29) is 0 Å². The van der Waals surface area contributed by atoms with Crippen molar-refractivity contribution >= 4 is 0 Å². The summed E-state index contributed by atoms with van der Waals surface area (Å²) in [5, 5.41) is 6.42. The van der Waals surface area contributed by atoms with Gasteiger partial charge in [0.25, 0.3) is 0 Å². The van der Waals surface area contributed by atoms with Crippen LogP contribution in [-0.4, -0.2) is 20.1 Å². The molecule has 2 rings (SSSR count). The molecule has 1 aliphatic rings. The van der Waals surface area contributed by atoms with E-state index in [1.165, 1.54) is 25.0 Å². The summed E-state index contributed by atoms with van der Waals surface area (Å²) < 4.78 is 26.0. The van der Waals surface area contributed by atoms with E-state index >= 15 is 0 Å². The smallest absolute Gasteiger partial charge is 0.130 e. The first-order valence-electron chi connectivity index (χ1n) is 5.94. The Balaban J connectivity index is 1.82. The fourth-order valence-corrected chi connectivity index (χ4v) is 2.10. The lowest BCUT2D eigenvalue weighted by Gasteiger charge is -2.15. The minimum absolute atomic E-state index is 0.352. The first-order chi connectivity index (χ1) is 8.15. The summed E-state index contributed by atoms with van der Waals surface area (Å²) in [4.78, 5) is 0. The first kappa shape index (κ1) is 12.5. The Morgan fingerprint density at radius 2 is 2.00 bits per heavy atom. The van der Waals surface area contributed by atoms with Crippen LogP contribution in [0.25, 0.3) is 0 Å². The van der Waals surface area contributed by atoms with Gasteiger partial charge in [-0.3, -0.25) is 0 Å². The molecule has 2 nitrogen and oxygen atoms in total. The second-order valence-corrected chi connectivity index (χ2v) is 4.87. The van der Waals surface area contributed by atoms with E-state index in [0.717, 1.165) is 19.2 Å². The predicted molar refractivity (Wildman–Crippen MR) is 63.7 cm³/mol. The summed E-state index contributed by atoms with van der Waals surface area (Å²) in [7, 11) is 1.94. The Hall–Kier alpha value is -1.00. The third kappa shape index (κ3) is 3.23. The van der Waals surface area contributed by atoms with Crippen molar-refractivity contribution in [3.05, 3.63) is 35.4 Å². The number of halogens is 2. The molecule has 0 amide bonds. The van der Waals surface area contributed by atoms with E-state index in [2.05, 4.69) is 10.6 Å². The van der Waals surface area contributed by atoms with Crippen molar-refractivity contribution in [2.24, 2.45) is 5.41 Å². The van der Waals surface area contributed by atoms with Gasteiger partial charge in [-0.05, 0) is 31.4 Å². The lowest BCUT2D eigenvalue weighted by molar-refractivity contribution is 0.435. The van der Waals surface area contributed by atoms with Crippen LogP contribution in [0, 0.1) is 17.0 Å². The largest absolute Gasteiger partial charge is 0.319 e. The van der Waals surface area contributed by atoms with Crippen molar-refractivity contribution in [1.29, 1.82) is 0 Å². The monoisotopic (exact) mass is 240 g/mol. The van der Waals surface area contributed by atoms with Crippen molar-refractivity contribution in [2.45, 2.75) is 19.4 Å². The van der Waals surface area contributed by atoms with Crippen LogP contribution in [0.3, 0.4) is 0 Å². The van der Waals surface area contributed by atoms with Crippen molar-refractivity contribution < 1.29 is 8.78 Å². The van der Waals surface area contributed by atoms with E-state index in [1.54, 1.807) is 0 Å². The van der Waals surface area contributed by atoms with Crippen molar-refractivity contribution in [3.63, 3.8) is 0 Å². The van der Waals surface area contributed by atoms with Gasteiger partial charge >= 0.3 is 0 Å². The zero-order chi connectivity index (χ0) is 12.3. The molecule has 1 aromatic rings. The SMILES string of the molecule is CNCC1(CNCc2ccc(F)cc2F)CC1. The Morgan fingerprint density at radius 1 is 1.24 bits per heavy atom. The van der Waals surface area contributed by atoms with E-state index in [0.29, 0.717) is 17.5 Å². The van der Waals surface area contributed by atoms with Gasteiger partial charge in [0.2, 0.25) is 0 Å². The topological polar surface area (TPSA) is 24.1 Å². The van der Waals surface area contributed by atoms with Crippen LogP contribution in [0.15, 0.2) is 18.2 Å². The number of nitrogens with one attached hydrogen (secondary N) is 2. The lowest BCUT2D eigenvalue weighted by atomic mass is 10.1. The van der Waals surface area contributed by atoms with Crippen LogP contribution in [0.4, 0.5) is 8.78 Å². The number of benzene rings is 1. The van der Waals surface area contributed by atoms with Gasteiger partial charge in [0.1, 0.15) is 11.6 Å². The summed E-state index contributed by atoms with van der Waals surface area (Å²) in [6.45, 7) is 2.33. The van der Waals surface area contributed by atoms with E-state index in [1.807, 2.05) is 7.05 Å². The molecular formula is C13H18F2N2. The van der Waals surface area contributed by atoms with Gasteiger partial charge in [0.05, 0.1) is 0 Å². The van der Waals surface area contributed by atoms with Gasteiger partial charge in [-0.15, -0.1) is 0 Å². The minimum Gasteiger partial charge on any atom is -0.319 e. The Labute approximate surface area is 100 Å². The molecule has 4 heteroatoms. The fraction of sp³-hybridized carbons (Fsp3) is 0.538. The molecule has 0 atom stereocenters. The van der Waals surface area contributed by atoms with Crippen molar-refractivity contribution in [3.8, 4) is 0 Å². The zero-order valence-corrected chi connectivity index (χ0v) is 10.0. The standard InChI is InChI=1S/C13H18F2N2/c1-16-8-13(4-5-13)9-17-7-10-2-3-11(14)6-12(10)15/h2-3,6,16-17H,4-5,7-9H2,1H3. The Bertz CT molecular complexity index is 389. The zero-order valence-electron chi connectivity index (χ0n) is 10.0. The van der Waals surface area contributed by atoms with Crippen molar-refractivity contribution in [2.75, 3.05) is 20.1 Å². The molecule has 94 valence electrons. The highest BCUT2D eigenvalue weighted by molar-refractivity contribution is 5.18. The molecule has 1 aromatic carbocycles. The molecule has 0 unspecified atom stereocenters. The molecule has 0 spiro atoms. The highest BCUT2D eigenvalue weighted by Crippen LogP contribution is 2.44. The molecule has 0 saturated heterocycles. The van der Waals surface area contributed by atoms with Crippen LogP contribution in [0.5, 0.6) is 0 Å². The molecule has 1 fully saturated rings. The van der Waals surface area contributed by atoms with Gasteiger partial charge < -0.3 is 10.6 Å². The predicted octanol–water partition coefficient (Wildman–Crippen LogP) is 2.05. The highest BCUT2D eigenvalue weighted by Gasteiger charge is 2.41. The lowest BCUT2D eigenvalue weighted by Crippen LogP contribution is -2.31. The van der Waals surface area contributed by atoms with Crippen LogP contribution in [0.2, 0.25) is 0 Å². The minimum atomic E-state index is -0.528. The Morgan fingerprint density at radius 3 is 2.59 bits per heavy atom. The molecule has 1 saturated carbocycles. The molecule has 17 heavy (non-hydrogen) atoms. The van der Waals surface area contributed by atoms with Crippen LogP contribution < -0.4 is 10.6 Å². The van der Waals surface area contributed by atoms with Crippen LogP contribution >= 0.6 is 0 Å². The van der Waals surface area contributed by atoms with E-state index in [4.69, 9.17) is 0 Å². The maximum absolute atomic E-state index is 13.3. The maximum Gasteiger partial charge on any atom is 0.130 e. The molecule has 0 aliphatic heterocycles. The third-order valence-electron chi connectivity index (χ3n) is 3.34. The highest BCUT2D eigenvalue weighted by atomic mass is 19.1. The molecule has 0 radical (unpaired) electrons. The molecule has 0 aromatic heterocycles. The summed E-state index contributed by atoms with van der Waals surface area (Å²) in [5.41, 5.74) is 0.872. The average Bonchev–Trinajstić information content (AvgIpc) is 3.02. The van der Waals surface area contributed by atoms with Gasteiger partial charge in [-0.25, -0.2) is 8.78 Å². The molecule has 1 aliphatic carbocycles. The second kappa shape index (κ2) is 5.10. The number of hydrogen-bond donors (Lipinski definition) is 2. The number of rotatable bonds is 6. The summed E-state index contributed by atoms with van der Waals surface area (Å²) in [6, 6.07) is 3.72. The molecule has 0 heterocycles. The fourth-order valence-electron chi connectivity index (χ4n) is 2.10. The molecule has 0 bridgehead atoms. The maximum atomic E-state index is 13.3. The average molecular weight is 240 g/mol. The van der Waals surface area contributed by atoms with Crippen molar-refractivity contribution in [1.82, 2.24) is 10.6 Å². The Kier molecular flexibility index (Phi) is 3.74. The first-order valence-corrected chi connectivity index (χ1v) is 5.94. The van der Waals surface area contributed by atoms with Gasteiger partial charge in [-0.2, -0.15) is 0 Å². The molecular weight excluding hydrogens is 222 g/mol. The van der Waals surface area contributed by atoms with Gasteiger partial charge in [-0.1, -0.05) is 6.07 Å². The number of hydrogen-bond acceptors (Lipinski definition) is 2. The van der Waals surface area contributed by atoms with Crippen LogP contribution in [0.1, 0.15) is 18.4 Å². The van der Waals surface area contributed by atoms with Gasteiger partial charge in [0, 0.05) is 31.3 Å². The summed E-state index contributed by atoms with van der Waals surface area (Å²) in [6.07, 6.45) is 2.43. The quantitative estimate of drug-likeness (QED) is 0.795. The normalized spacial score (nSPS) is 17.1. The molecule has 2 N–H and O–H groups in total. The second-order valence-electron chi connectivity index (χ2n) is 4.87. The van der Waals surface area contributed by atoms with Crippen LogP contribution in [-0.2, 0) is 6.54 Å². The van der Waals surface area contributed by atoms with E-state index in [9.17, 15) is 8.78 Å². The summed E-state index contributed by atoms with van der Waals surface area (Å²) in [5.74, 6) is -1.00. The third-order valence-corrected chi connectivity index (χ3v) is 3.34. The van der Waals surface area contributed by atoms with E-state index < -0.39 is 11.6 Å². The summed E-state index contributed by atoms with van der Waals surface area (Å²) >= 11 is 0.